The summed E-state index contributed by atoms with van der Waals surface area (Å²) in [6, 6.07) is 0. The van der Waals surface area contributed by atoms with E-state index < -0.39 is 0 Å². The van der Waals surface area contributed by atoms with E-state index >= 15 is 0 Å². The Balaban J connectivity index is 2.02. The minimum absolute atomic E-state index is 1.15. The van der Waals surface area contributed by atoms with Crippen LogP contribution in [0.1, 0.15) is 58.3 Å². The molecule has 0 aromatic rings. The van der Waals surface area contributed by atoms with E-state index in [1.165, 1.54) is 44.9 Å². The van der Waals surface area contributed by atoms with Gasteiger partial charge in [-0.1, -0.05) is 75.0 Å². The minimum atomic E-state index is 1.15. The second-order valence-electron chi connectivity index (χ2n) is 4.36. The van der Waals surface area contributed by atoms with Gasteiger partial charge in [0.2, 0.25) is 0 Å². The first-order valence-electron chi connectivity index (χ1n) is 6.44. The van der Waals surface area contributed by atoms with Gasteiger partial charge in [0.15, 0.2) is 0 Å². The van der Waals surface area contributed by atoms with Crippen molar-refractivity contribution in [3.05, 3.63) is 36.0 Å². The molecule has 0 aromatic heterocycles. The Morgan fingerprint density at radius 3 is 2.60 bits per heavy atom. The summed E-state index contributed by atoms with van der Waals surface area (Å²) in [7, 11) is 0. The third-order valence-electron chi connectivity index (χ3n) is 2.92. The van der Waals surface area contributed by atoms with Crippen LogP contribution < -0.4 is 0 Å². The van der Waals surface area contributed by atoms with Crippen molar-refractivity contribution in [1.29, 1.82) is 0 Å². The second-order valence-corrected chi connectivity index (χ2v) is 4.36. The Kier molecular flexibility index (Phi) is 6.98. The molecular formula is C15H24. The van der Waals surface area contributed by atoms with Gasteiger partial charge in [-0.15, -0.1) is 0 Å². The van der Waals surface area contributed by atoms with Crippen LogP contribution in [0.25, 0.3) is 0 Å². The molecule has 0 nitrogen and oxygen atoms in total. The van der Waals surface area contributed by atoms with Crippen LogP contribution in [0.3, 0.4) is 0 Å². The smallest absolute Gasteiger partial charge is 0.0133 e. The first-order valence-corrected chi connectivity index (χ1v) is 6.44. The fourth-order valence-electron chi connectivity index (χ4n) is 1.94. The van der Waals surface area contributed by atoms with E-state index in [9.17, 15) is 0 Å². The molecule has 0 atom stereocenters. The lowest BCUT2D eigenvalue weighted by molar-refractivity contribution is 0.605. The number of hydrogen-bond acceptors (Lipinski definition) is 0. The fourth-order valence-corrected chi connectivity index (χ4v) is 1.94. The van der Waals surface area contributed by atoms with Crippen LogP contribution in [0.5, 0.6) is 0 Å². The zero-order valence-corrected chi connectivity index (χ0v) is 10.0. The summed E-state index contributed by atoms with van der Waals surface area (Å²) < 4.78 is 0. The molecule has 15 heavy (non-hydrogen) atoms. The fraction of sp³-hybridized carbons (Fsp3) is 0.600. The van der Waals surface area contributed by atoms with Crippen LogP contribution in [0.15, 0.2) is 36.0 Å². The molecule has 0 saturated heterocycles. The molecule has 0 heteroatoms. The third kappa shape index (κ3) is 6.33. The Hall–Kier alpha value is -0.780. The minimum Gasteiger partial charge on any atom is -0.0805 e. The highest BCUT2D eigenvalue weighted by Gasteiger charge is 1.96. The average Bonchev–Trinajstić information content (AvgIpc) is 2.52. The largest absolute Gasteiger partial charge is 0.0805 e. The quantitative estimate of drug-likeness (QED) is 0.501. The summed E-state index contributed by atoms with van der Waals surface area (Å²) in [5.41, 5.74) is 1.59. The predicted molar refractivity (Wildman–Crippen MR) is 69.0 cm³/mol. The van der Waals surface area contributed by atoms with Gasteiger partial charge in [-0.05, 0) is 19.3 Å². The van der Waals surface area contributed by atoms with E-state index in [1.54, 1.807) is 5.57 Å². The third-order valence-corrected chi connectivity index (χ3v) is 2.92. The first-order chi connectivity index (χ1) is 7.43. The van der Waals surface area contributed by atoms with Crippen LogP contribution in [-0.2, 0) is 0 Å². The number of hydrogen-bond donors (Lipinski definition) is 0. The first kappa shape index (κ1) is 12.3. The molecule has 1 rings (SSSR count). The van der Waals surface area contributed by atoms with E-state index in [4.69, 9.17) is 0 Å². The standard InChI is InChI=1S/C15H24/c1-2-3-4-5-6-9-12-15-13-10-7-8-11-14-15/h7-8,10-11,13H,2-6,9,12,14H2,1H3. The molecule has 0 bridgehead atoms. The highest BCUT2D eigenvalue weighted by atomic mass is 14.0. The van der Waals surface area contributed by atoms with Crippen molar-refractivity contribution >= 4 is 0 Å². The Bertz CT molecular complexity index is 230. The van der Waals surface area contributed by atoms with Crippen molar-refractivity contribution in [2.45, 2.75) is 58.3 Å². The van der Waals surface area contributed by atoms with Gasteiger partial charge < -0.3 is 0 Å². The van der Waals surface area contributed by atoms with Crippen LogP contribution in [0.2, 0.25) is 0 Å². The van der Waals surface area contributed by atoms with Crippen LogP contribution in [0.4, 0.5) is 0 Å². The summed E-state index contributed by atoms with van der Waals surface area (Å²) in [6.07, 6.45) is 21.8. The van der Waals surface area contributed by atoms with E-state index in [0.717, 1.165) is 6.42 Å². The monoisotopic (exact) mass is 204 g/mol. The maximum absolute atomic E-state index is 2.28. The normalized spacial score (nSPS) is 15.1. The van der Waals surface area contributed by atoms with Crippen molar-refractivity contribution in [3.63, 3.8) is 0 Å². The zero-order chi connectivity index (χ0) is 10.8. The highest BCUT2D eigenvalue weighted by molar-refractivity contribution is 5.23. The van der Waals surface area contributed by atoms with Crippen LogP contribution >= 0.6 is 0 Å². The second kappa shape index (κ2) is 8.52. The van der Waals surface area contributed by atoms with Crippen LogP contribution in [-0.4, -0.2) is 0 Å². The van der Waals surface area contributed by atoms with Crippen LogP contribution in [0, 0.1) is 0 Å². The van der Waals surface area contributed by atoms with Crippen molar-refractivity contribution in [2.75, 3.05) is 0 Å². The van der Waals surface area contributed by atoms with E-state index in [1.807, 2.05) is 0 Å². The lowest BCUT2D eigenvalue weighted by Crippen LogP contribution is -1.84. The summed E-state index contributed by atoms with van der Waals surface area (Å²) in [5, 5.41) is 0. The predicted octanol–water partition coefficient (Wildman–Crippen LogP) is 5.18. The zero-order valence-electron chi connectivity index (χ0n) is 10.0. The molecule has 0 N–H and O–H groups in total. The SMILES string of the molecule is CCCCCCCCC1=CC=CC=CC1. The van der Waals surface area contributed by atoms with Gasteiger partial charge in [0, 0.05) is 0 Å². The van der Waals surface area contributed by atoms with E-state index in [-0.39, 0.29) is 0 Å². The molecule has 84 valence electrons. The van der Waals surface area contributed by atoms with E-state index in [0.29, 0.717) is 0 Å². The molecule has 1 aliphatic carbocycles. The van der Waals surface area contributed by atoms with Gasteiger partial charge in [0.25, 0.3) is 0 Å². The van der Waals surface area contributed by atoms with Gasteiger partial charge in [-0.2, -0.15) is 0 Å². The van der Waals surface area contributed by atoms with Gasteiger partial charge in [0.1, 0.15) is 0 Å². The molecule has 0 heterocycles. The summed E-state index contributed by atoms with van der Waals surface area (Å²) in [5.74, 6) is 0. The summed E-state index contributed by atoms with van der Waals surface area (Å²) in [4.78, 5) is 0. The molecule has 0 amide bonds. The number of allylic oxidation sites excluding steroid dienone is 6. The maximum Gasteiger partial charge on any atom is -0.0133 e. The molecule has 0 aliphatic heterocycles. The molecule has 0 fully saturated rings. The molecule has 0 radical (unpaired) electrons. The summed E-state index contributed by atoms with van der Waals surface area (Å²) >= 11 is 0. The molecule has 0 spiro atoms. The number of rotatable bonds is 7. The molecule has 0 unspecified atom stereocenters. The number of unbranched alkanes of at least 4 members (excludes halogenated alkanes) is 5. The van der Waals surface area contributed by atoms with Gasteiger partial charge in [-0.3, -0.25) is 0 Å². The average molecular weight is 204 g/mol. The Labute approximate surface area is 94.8 Å². The molecule has 0 aromatic carbocycles. The van der Waals surface area contributed by atoms with Gasteiger partial charge in [0.05, 0.1) is 0 Å². The lowest BCUT2D eigenvalue weighted by atomic mass is 10.0. The highest BCUT2D eigenvalue weighted by Crippen LogP contribution is 2.16. The van der Waals surface area contributed by atoms with Crippen molar-refractivity contribution < 1.29 is 0 Å². The van der Waals surface area contributed by atoms with Gasteiger partial charge >= 0.3 is 0 Å². The Morgan fingerprint density at radius 2 is 1.73 bits per heavy atom. The molecular weight excluding hydrogens is 180 g/mol. The van der Waals surface area contributed by atoms with E-state index in [2.05, 4.69) is 37.3 Å². The maximum atomic E-state index is 2.28. The van der Waals surface area contributed by atoms with Crippen molar-refractivity contribution in [1.82, 2.24) is 0 Å². The molecule has 0 saturated carbocycles. The van der Waals surface area contributed by atoms with Crippen molar-refractivity contribution in [3.8, 4) is 0 Å². The topological polar surface area (TPSA) is 0 Å². The molecule has 1 aliphatic rings. The van der Waals surface area contributed by atoms with Crippen molar-refractivity contribution in [2.24, 2.45) is 0 Å². The van der Waals surface area contributed by atoms with Gasteiger partial charge in [-0.25, -0.2) is 0 Å². The Morgan fingerprint density at radius 1 is 0.933 bits per heavy atom. The summed E-state index contributed by atoms with van der Waals surface area (Å²) in [6.45, 7) is 2.27. The lowest BCUT2D eigenvalue weighted by Gasteiger charge is -2.03.